The van der Waals surface area contributed by atoms with Gasteiger partial charge in [0, 0.05) is 42.5 Å². The summed E-state index contributed by atoms with van der Waals surface area (Å²) in [5, 5.41) is 1.18. The van der Waals surface area contributed by atoms with Crippen LogP contribution in [0.2, 0.25) is 0 Å². The van der Waals surface area contributed by atoms with Gasteiger partial charge in [-0.15, -0.1) is 0 Å². The topological polar surface area (TPSA) is 62.4 Å². The first-order chi connectivity index (χ1) is 13.7. The number of nitrogens with one attached hydrogen (secondary N) is 1. The number of carbonyl (C=O) groups excluding carboxylic acids is 2. The monoisotopic (exact) mass is 376 g/mol. The first-order valence-corrected chi connectivity index (χ1v) is 9.63. The molecule has 28 heavy (non-hydrogen) atoms. The number of carbonyl (C=O) groups is 2. The van der Waals surface area contributed by atoms with Crippen molar-refractivity contribution in [2.24, 2.45) is 5.92 Å². The first kappa shape index (κ1) is 18.3. The van der Waals surface area contributed by atoms with Gasteiger partial charge < -0.3 is 14.6 Å². The molecule has 1 N–H and O–H groups in total. The quantitative estimate of drug-likeness (QED) is 0.693. The molecular formula is C23H24N2O3. The summed E-state index contributed by atoms with van der Waals surface area (Å²) in [7, 11) is 1.41. The number of aromatic nitrogens is 1. The normalized spacial score (nSPS) is 19.8. The highest BCUT2D eigenvalue weighted by molar-refractivity contribution is 5.84. The maximum absolute atomic E-state index is 12.8. The molecule has 0 radical (unpaired) electrons. The number of esters is 1. The number of H-pyrrole nitrogens is 1. The average Bonchev–Trinajstić information content (AvgIpc) is 3.16. The van der Waals surface area contributed by atoms with E-state index < -0.39 is 0 Å². The zero-order valence-electron chi connectivity index (χ0n) is 15.9. The molecule has 144 valence electrons. The van der Waals surface area contributed by atoms with Gasteiger partial charge in [0.1, 0.15) is 0 Å². The van der Waals surface area contributed by atoms with Crippen molar-refractivity contribution in [3.63, 3.8) is 0 Å². The van der Waals surface area contributed by atoms with Crippen LogP contribution in [0.1, 0.15) is 23.5 Å². The van der Waals surface area contributed by atoms with E-state index in [4.69, 9.17) is 4.74 Å². The molecule has 1 amide bonds. The number of methoxy groups -OCH3 is 1. The maximum Gasteiger partial charge on any atom is 0.311 e. The van der Waals surface area contributed by atoms with Crippen molar-refractivity contribution in [2.45, 2.75) is 18.8 Å². The van der Waals surface area contributed by atoms with Crippen LogP contribution in [0.3, 0.4) is 0 Å². The smallest absolute Gasteiger partial charge is 0.311 e. The molecular weight excluding hydrogens is 352 g/mol. The lowest BCUT2D eigenvalue weighted by Crippen LogP contribution is -2.47. The summed E-state index contributed by atoms with van der Waals surface area (Å²) in [4.78, 5) is 30.4. The third-order valence-corrected chi connectivity index (χ3v) is 5.71. The molecule has 5 nitrogen and oxygen atoms in total. The van der Waals surface area contributed by atoms with Crippen LogP contribution in [0.25, 0.3) is 10.9 Å². The van der Waals surface area contributed by atoms with Gasteiger partial charge in [0.15, 0.2) is 0 Å². The minimum atomic E-state index is -0.340. The molecule has 1 aliphatic rings. The van der Waals surface area contributed by atoms with Crippen molar-refractivity contribution in [1.82, 2.24) is 9.88 Å². The van der Waals surface area contributed by atoms with Crippen molar-refractivity contribution >= 4 is 22.8 Å². The number of ether oxygens (including phenoxy) is 1. The fourth-order valence-corrected chi connectivity index (χ4v) is 4.18. The number of hydrogen-bond donors (Lipinski definition) is 1. The first-order valence-electron chi connectivity index (χ1n) is 9.63. The van der Waals surface area contributed by atoms with Gasteiger partial charge in [0.25, 0.3) is 0 Å². The van der Waals surface area contributed by atoms with E-state index in [0.717, 1.165) is 17.5 Å². The van der Waals surface area contributed by atoms with Crippen molar-refractivity contribution < 1.29 is 14.3 Å². The molecule has 0 spiro atoms. The third-order valence-electron chi connectivity index (χ3n) is 5.71. The van der Waals surface area contributed by atoms with Crippen LogP contribution in [0, 0.1) is 5.92 Å². The Labute approximate surface area is 164 Å². The second kappa shape index (κ2) is 7.89. The number of aromatic amines is 1. The zero-order chi connectivity index (χ0) is 19.5. The summed E-state index contributed by atoms with van der Waals surface area (Å²) < 4.78 is 5.05. The second-order valence-electron chi connectivity index (χ2n) is 7.30. The number of piperidine rings is 1. The van der Waals surface area contributed by atoms with Crippen LogP contribution in [0.4, 0.5) is 0 Å². The molecule has 2 atom stereocenters. The van der Waals surface area contributed by atoms with Crippen LogP contribution < -0.4 is 0 Å². The number of para-hydroxylation sites is 1. The Hall–Kier alpha value is -3.08. The standard InChI is InChI=1S/C23H24N2O3/c1-28-23(27)20-15-25(22(26)13-19(20)16-7-3-2-4-8-16)12-11-17-14-24-21-10-6-5-9-18(17)21/h2-10,14,19-20,24H,11-13,15H2,1H3/t19-,20+/m1/s1. The summed E-state index contributed by atoms with van der Waals surface area (Å²) in [5.41, 5.74) is 3.30. The van der Waals surface area contributed by atoms with E-state index in [9.17, 15) is 9.59 Å². The molecule has 2 heterocycles. The van der Waals surface area contributed by atoms with Gasteiger partial charge in [-0.1, -0.05) is 48.5 Å². The van der Waals surface area contributed by atoms with E-state index in [2.05, 4.69) is 11.1 Å². The van der Waals surface area contributed by atoms with Gasteiger partial charge in [-0.25, -0.2) is 0 Å². The minimum Gasteiger partial charge on any atom is -0.469 e. The Kier molecular flexibility index (Phi) is 5.15. The van der Waals surface area contributed by atoms with Gasteiger partial charge in [-0.2, -0.15) is 0 Å². The number of benzene rings is 2. The Morgan fingerprint density at radius 3 is 2.68 bits per heavy atom. The number of rotatable bonds is 5. The molecule has 4 rings (SSSR count). The van der Waals surface area contributed by atoms with E-state index in [1.165, 1.54) is 18.1 Å². The summed E-state index contributed by atoms with van der Waals surface area (Å²) in [6.07, 6.45) is 3.08. The van der Waals surface area contributed by atoms with E-state index >= 15 is 0 Å². The summed E-state index contributed by atoms with van der Waals surface area (Å²) in [6.45, 7) is 0.989. The molecule has 0 bridgehead atoms. The summed E-state index contributed by atoms with van der Waals surface area (Å²) >= 11 is 0. The van der Waals surface area contributed by atoms with E-state index in [0.29, 0.717) is 19.5 Å². The average molecular weight is 376 g/mol. The van der Waals surface area contributed by atoms with Gasteiger partial charge in [0.05, 0.1) is 13.0 Å². The largest absolute Gasteiger partial charge is 0.469 e. The highest BCUT2D eigenvalue weighted by Crippen LogP contribution is 2.34. The number of fused-ring (bicyclic) bond motifs is 1. The Morgan fingerprint density at radius 2 is 1.89 bits per heavy atom. The number of likely N-dealkylation sites (tertiary alicyclic amines) is 1. The molecule has 1 fully saturated rings. The van der Waals surface area contributed by atoms with E-state index in [1.54, 1.807) is 0 Å². The predicted molar refractivity (Wildman–Crippen MR) is 108 cm³/mol. The highest BCUT2D eigenvalue weighted by atomic mass is 16.5. The van der Waals surface area contributed by atoms with Gasteiger partial charge in [-0.3, -0.25) is 9.59 Å². The van der Waals surface area contributed by atoms with Crippen LogP contribution >= 0.6 is 0 Å². The van der Waals surface area contributed by atoms with Crippen molar-refractivity contribution in [2.75, 3.05) is 20.2 Å². The second-order valence-corrected chi connectivity index (χ2v) is 7.30. The zero-order valence-corrected chi connectivity index (χ0v) is 15.9. The highest BCUT2D eigenvalue weighted by Gasteiger charge is 2.39. The van der Waals surface area contributed by atoms with Gasteiger partial charge in [-0.05, 0) is 23.6 Å². The lowest BCUT2D eigenvalue weighted by atomic mass is 9.80. The van der Waals surface area contributed by atoms with Crippen LogP contribution in [0.5, 0.6) is 0 Å². The number of hydrogen-bond acceptors (Lipinski definition) is 3. The van der Waals surface area contributed by atoms with Gasteiger partial charge in [0.2, 0.25) is 5.91 Å². The molecule has 0 aliphatic carbocycles. The predicted octanol–water partition coefficient (Wildman–Crippen LogP) is 3.52. The SMILES string of the molecule is COC(=O)[C@H]1CN(CCc2c[nH]c3ccccc23)C(=O)C[C@@H]1c1ccccc1. The van der Waals surface area contributed by atoms with Crippen LogP contribution in [-0.2, 0) is 20.7 Å². The van der Waals surface area contributed by atoms with Gasteiger partial charge >= 0.3 is 5.97 Å². The lowest BCUT2D eigenvalue weighted by molar-refractivity contribution is -0.151. The Morgan fingerprint density at radius 1 is 1.14 bits per heavy atom. The summed E-state index contributed by atoms with van der Waals surface area (Å²) in [6, 6.07) is 17.9. The molecule has 0 saturated carbocycles. The van der Waals surface area contributed by atoms with E-state index in [1.807, 2.05) is 59.6 Å². The molecule has 1 aliphatic heterocycles. The fraction of sp³-hybridized carbons (Fsp3) is 0.304. The Bertz CT molecular complexity index is 980. The lowest BCUT2D eigenvalue weighted by Gasteiger charge is -2.37. The third kappa shape index (κ3) is 3.52. The minimum absolute atomic E-state index is 0.0915. The van der Waals surface area contributed by atoms with Crippen LogP contribution in [0.15, 0.2) is 60.8 Å². The molecule has 1 saturated heterocycles. The van der Waals surface area contributed by atoms with Crippen LogP contribution in [-0.4, -0.2) is 42.0 Å². The summed E-state index contributed by atoms with van der Waals surface area (Å²) in [5.74, 6) is -0.633. The van der Waals surface area contributed by atoms with Crippen molar-refractivity contribution in [3.05, 3.63) is 71.9 Å². The molecule has 5 heteroatoms. The number of nitrogens with zero attached hydrogens (tertiary/aromatic N) is 1. The maximum atomic E-state index is 12.8. The fourth-order valence-electron chi connectivity index (χ4n) is 4.18. The number of amides is 1. The molecule has 3 aromatic rings. The van der Waals surface area contributed by atoms with E-state index in [-0.39, 0.29) is 23.7 Å². The molecule has 1 aromatic heterocycles. The van der Waals surface area contributed by atoms with Crippen molar-refractivity contribution in [1.29, 1.82) is 0 Å². The molecule has 0 unspecified atom stereocenters. The molecule has 2 aromatic carbocycles. The Balaban J connectivity index is 1.51. The van der Waals surface area contributed by atoms with Crippen molar-refractivity contribution in [3.8, 4) is 0 Å².